The molecule has 6 heteroatoms. The van der Waals surface area contributed by atoms with Gasteiger partial charge in [0.15, 0.2) is 5.43 Å². The minimum atomic E-state index is -0.351. The molecule has 0 fully saturated rings. The first-order chi connectivity index (χ1) is 10.9. The lowest BCUT2D eigenvalue weighted by Crippen LogP contribution is -2.13. The number of aromatic nitrogens is 1. The van der Waals surface area contributed by atoms with E-state index < -0.39 is 0 Å². The standard InChI is InChI=1S/C17H12Cl2N2O2/c1-9-6-16(22)12-7-10(2-4-14(12)20-9)17(23)21-15-5-3-11(18)8-13(15)19/h2-8H,1H3,(H,20,22)(H,21,23). The number of fused-ring (bicyclic) bond motifs is 1. The van der Waals surface area contributed by atoms with E-state index >= 15 is 0 Å². The first kappa shape index (κ1) is 15.6. The Balaban J connectivity index is 1.96. The summed E-state index contributed by atoms with van der Waals surface area (Å²) in [4.78, 5) is 27.5. The number of aromatic amines is 1. The summed E-state index contributed by atoms with van der Waals surface area (Å²) >= 11 is 11.9. The predicted octanol–water partition coefficient (Wildman–Crippen LogP) is 4.40. The summed E-state index contributed by atoms with van der Waals surface area (Å²) in [6.45, 7) is 1.81. The normalized spacial score (nSPS) is 10.7. The van der Waals surface area contributed by atoms with Crippen molar-refractivity contribution in [1.82, 2.24) is 4.98 Å². The molecule has 2 N–H and O–H groups in total. The Kier molecular flexibility index (Phi) is 4.11. The fourth-order valence-corrected chi connectivity index (χ4v) is 2.76. The second-order valence-corrected chi connectivity index (χ2v) is 6.00. The number of anilines is 1. The fraction of sp³-hybridized carbons (Fsp3) is 0.0588. The zero-order valence-corrected chi connectivity index (χ0v) is 13.6. The van der Waals surface area contributed by atoms with Crippen LogP contribution in [0.4, 0.5) is 5.69 Å². The minimum Gasteiger partial charge on any atom is -0.358 e. The van der Waals surface area contributed by atoms with Gasteiger partial charge in [-0.2, -0.15) is 0 Å². The molecule has 1 amide bonds. The first-order valence-corrected chi connectivity index (χ1v) is 7.60. The van der Waals surface area contributed by atoms with Crippen molar-refractivity contribution in [2.75, 3.05) is 5.32 Å². The lowest BCUT2D eigenvalue weighted by molar-refractivity contribution is 0.102. The van der Waals surface area contributed by atoms with Gasteiger partial charge in [0, 0.05) is 33.2 Å². The zero-order valence-electron chi connectivity index (χ0n) is 12.1. The number of H-pyrrole nitrogens is 1. The molecule has 0 saturated heterocycles. The zero-order chi connectivity index (χ0) is 16.6. The van der Waals surface area contributed by atoms with E-state index in [1.54, 1.807) is 36.4 Å². The number of hydrogen-bond acceptors (Lipinski definition) is 2. The molecule has 116 valence electrons. The van der Waals surface area contributed by atoms with Crippen LogP contribution in [0.15, 0.2) is 47.3 Å². The number of benzene rings is 2. The van der Waals surface area contributed by atoms with Gasteiger partial charge >= 0.3 is 0 Å². The van der Waals surface area contributed by atoms with E-state index in [0.717, 1.165) is 5.69 Å². The summed E-state index contributed by atoms with van der Waals surface area (Å²) in [7, 11) is 0. The largest absolute Gasteiger partial charge is 0.358 e. The number of amides is 1. The Morgan fingerprint density at radius 2 is 1.87 bits per heavy atom. The molecule has 1 heterocycles. The van der Waals surface area contributed by atoms with Crippen molar-refractivity contribution in [3.05, 3.63) is 74.0 Å². The van der Waals surface area contributed by atoms with E-state index in [0.29, 0.717) is 32.2 Å². The molecule has 1 aromatic heterocycles. The average Bonchev–Trinajstić information content (AvgIpc) is 2.49. The molecular weight excluding hydrogens is 335 g/mol. The topological polar surface area (TPSA) is 62.0 Å². The maximum Gasteiger partial charge on any atom is 0.255 e. The molecule has 0 aliphatic carbocycles. The summed E-state index contributed by atoms with van der Waals surface area (Å²) in [6, 6.07) is 11.2. The molecule has 0 bridgehead atoms. The molecule has 3 aromatic rings. The number of aryl methyl sites for hydroxylation is 1. The lowest BCUT2D eigenvalue weighted by Gasteiger charge is -2.08. The Labute approximate surface area is 142 Å². The van der Waals surface area contributed by atoms with E-state index in [-0.39, 0.29) is 11.3 Å². The third-order valence-corrected chi connectivity index (χ3v) is 3.95. The highest BCUT2D eigenvalue weighted by molar-refractivity contribution is 6.36. The molecule has 0 atom stereocenters. The van der Waals surface area contributed by atoms with Crippen molar-refractivity contribution in [1.29, 1.82) is 0 Å². The van der Waals surface area contributed by atoms with Crippen molar-refractivity contribution in [2.45, 2.75) is 6.92 Å². The summed E-state index contributed by atoms with van der Waals surface area (Å²) in [6.07, 6.45) is 0. The summed E-state index contributed by atoms with van der Waals surface area (Å²) in [5.41, 5.74) is 2.16. The lowest BCUT2D eigenvalue weighted by atomic mass is 10.1. The Morgan fingerprint density at radius 1 is 1.09 bits per heavy atom. The number of rotatable bonds is 2. The van der Waals surface area contributed by atoms with E-state index in [1.807, 2.05) is 6.92 Å². The highest BCUT2D eigenvalue weighted by Gasteiger charge is 2.11. The van der Waals surface area contributed by atoms with Crippen LogP contribution in [0.3, 0.4) is 0 Å². The van der Waals surface area contributed by atoms with Crippen molar-refractivity contribution < 1.29 is 4.79 Å². The third-order valence-electron chi connectivity index (χ3n) is 3.41. The number of carbonyl (C=O) groups is 1. The van der Waals surface area contributed by atoms with Crippen molar-refractivity contribution in [3.63, 3.8) is 0 Å². The first-order valence-electron chi connectivity index (χ1n) is 6.84. The van der Waals surface area contributed by atoms with E-state index in [1.165, 1.54) is 6.07 Å². The van der Waals surface area contributed by atoms with Crippen LogP contribution in [0.5, 0.6) is 0 Å². The second-order valence-electron chi connectivity index (χ2n) is 5.16. The molecule has 0 radical (unpaired) electrons. The maximum atomic E-state index is 12.4. The van der Waals surface area contributed by atoms with Gasteiger partial charge in [-0.05, 0) is 43.3 Å². The van der Waals surface area contributed by atoms with Gasteiger partial charge in [-0.1, -0.05) is 23.2 Å². The smallest absolute Gasteiger partial charge is 0.255 e. The van der Waals surface area contributed by atoms with Gasteiger partial charge in [0.25, 0.3) is 5.91 Å². The van der Waals surface area contributed by atoms with E-state index in [4.69, 9.17) is 23.2 Å². The number of hydrogen-bond donors (Lipinski definition) is 2. The molecule has 0 aliphatic heterocycles. The quantitative estimate of drug-likeness (QED) is 0.722. The van der Waals surface area contributed by atoms with Gasteiger partial charge in [0.2, 0.25) is 0 Å². The summed E-state index contributed by atoms with van der Waals surface area (Å²) in [5, 5.41) is 4.00. The maximum absolute atomic E-state index is 12.4. The fourth-order valence-electron chi connectivity index (χ4n) is 2.31. The van der Waals surface area contributed by atoms with Gasteiger partial charge in [-0.15, -0.1) is 0 Å². The van der Waals surface area contributed by atoms with Crippen molar-refractivity contribution in [2.24, 2.45) is 0 Å². The molecule has 0 aliphatic rings. The van der Waals surface area contributed by atoms with Crippen molar-refractivity contribution in [3.8, 4) is 0 Å². The summed E-state index contributed by atoms with van der Waals surface area (Å²) in [5.74, 6) is -0.351. The van der Waals surface area contributed by atoms with Gasteiger partial charge in [0.05, 0.1) is 10.7 Å². The van der Waals surface area contributed by atoms with Crippen LogP contribution in [0.2, 0.25) is 10.0 Å². The van der Waals surface area contributed by atoms with Crippen LogP contribution in [0, 0.1) is 6.92 Å². The molecule has 3 rings (SSSR count). The molecule has 2 aromatic carbocycles. The highest BCUT2D eigenvalue weighted by atomic mass is 35.5. The Hall–Kier alpha value is -2.30. The van der Waals surface area contributed by atoms with Crippen LogP contribution in [-0.4, -0.2) is 10.9 Å². The third kappa shape index (κ3) is 3.23. The molecular formula is C17H12Cl2N2O2. The predicted molar refractivity (Wildman–Crippen MR) is 93.7 cm³/mol. The monoisotopic (exact) mass is 346 g/mol. The SMILES string of the molecule is Cc1cc(=O)c2cc(C(=O)Nc3ccc(Cl)cc3Cl)ccc2[nH]1. The average molecular weight is 347 g/mol. The van der Waals surface area contributed by atoms with Gasteiger partial charge < -0.3 is 10.3 Å². The Bertz CT molecular complexity index is 980. The molecule has 0 unspecified atom stereocenters. The van der Waals surface area contributed by atoms with Crippen LogP contribution >= 0.6 is 23.2 Å². The van der Waals surface area contributed by atoms with Gasteiger partial charge in [-0.25, -0.2) is 0 Å². The van der Waals surface area contributed by atoms with Crippen LogP contribution in [0.25, 0.3) is 10.9 Å². The number of nitrogens with one attached hydrogen (secondary N) is 2. The van der Waals surface area contributed by atoms with Crippen LogP contribution in [-0.2, 0) is 0 Å². The molecule has 0 spiro atoms. The van der Waals surface area contributed by atoms with Crippen molar-refractivity contribution >= 4 is 45.7 Å². The van der Waals surface area contributed by atoms with Gasteiger partial charge in [-0.3, -0.25) is 9.59 Å². The van der Waals surface area contributed by atoms with E-state index in [2.05, 4.69) is 10.3 Å². The second kappa shape index (κ2) is 6.07. The Morgan fingerprint density at radius 3 is 2.61 bits per heavy atom. The number of pyridine rings is 1. The highest BCUT2D eigenvalue weighted by Crippen LogP contribution is 2.26. The molecule has 4 nitrogen and oxygen atoms in total. The molecule has 0 saturated carbocycles. The van der Waals surface area contributed by atoms with Crippen LogP contribution in [0.1, 0.15) is 16.1 Å². The number of carbonyl (C=O) groups excluding carboxylic acids is 1. The van der Waals surface area contributed by atoms with Crippen LogP contribution < -0.4 is 10.7 Å². The minimum absolute atomic E-state index is 0.129. The van der Waals surface area contributed by atoms with E-state index in [9.17, 15) is 9.59 Å². The summed E-state index contributed by atoms with van der Waals surface area (Å²) < 4.78 is 0. The molecule has 23 heavy (non-hydrogen) atoms. The number of halogens is 2. The van der Waals surface area contributed by atoms with Gasteiger partial charge in [0.1, 0.15) is 0 Å².